The number of rotatable bonds is 4. The predicted octanol–water partition coefficient (Wildman–Crippen LogP) is 3.37. The Labute approximate surface area is 109 Å². The Morgan fingerprint density at radius 3 is 3.06 bits per heavy atom. The number of thiol groups is 1. The highest BCUT2D eigenvalue weighted by molar-refractivity contribution is 7.80. The summed E-state index contributed by atoms with van der Waals surface area (Å²) in [5.41, 5.74) is -0.322. The van der Waals surface area contributed by atoms with Crippen LogP contribution in [0.25, 0.3) is 0 Å². The molecule has 0 radical (unpaired) electrons. The SMILES string of the molecule is CCC1(OC(=O)CCS)C=CC2CCCC1C2. The summed E-state index contributed by atoms with van der Waals surface area (Å²) >= 11 is 4.09. The van der Waals surface area contributed by atoms with Gasteiger partial charge in [0.15, 0.2) is 0 Å². The van der Waals surface area contributed by atoms with Gasteiger partial charge in [0.05, 0.1) is 6.42 Å². The Bertz CT molecular complexity index is 313. The van der Waals surface area contributed by atoms with Crippen LogP contribution in [-0.2, 0) is 9.53 Å². The molecule has 2 nitrogen and oxygen atoms in total. The summed E-state index contributed by atoms with van der Waals surface area (Å²) in [4.78, 5) is 11.7. The lowest BCUT2D eigenvalue weighted by Crippen LogP contribution is -2.45. The number of fused-ring (bicyclic) bond motifs is 2. The number of ether oxygens (including phenoxy) is 1. The van der Waals surface area contributed by atoms with Crippen LogP contribution >= 0.6 is 12.6 Å². The van der Waals surface area contributed by atoms with Crippen molar-refractivity contribution in [3.63, 3.8) is 0 Å². The van der Waals surface area contributed by atoms with E-state index in [2.05, 4.69) is 31.7 Å². The third-order valence-electron chi connectivity index (χ3n) is 4.23. The van der Waals surface area contributed by atoms with E-state index in [1.165, 1.54) is 25.7 Å². The van der Waals surface area contributed by atoms with Crippen molar-refractivity contribution < 1.29 is 9.53 Å². The van der Waals surface area contributed by atoms with Gasteiger partial charge in [0, 0.05) is 11.7 Å². The zero-order valence-corrected chi connectivity index (χ0v) is 11.4. The molecular formula is C14H22O2S. The summed E-state index contributed by atoms with van der Waals surface area (Å²) in [7, 11) is 0. The zero-order valence-electron chi connectivity index (χ0n) is 10.5. The quantitative estimate of drug-likeness (QED) is 0.473. The molecule has 2 rings (SSSR count). The average molecular weight is 254 g/mol. The van der Waals surface area contributed by atoms with E-state index in [1.54, 1.807) is 0 Å². The van der Waals surface area contributed by atoms with Gasteiger partial charge < -0.3 is 4.74 Å². The lowest BCUT2D eigenvalue weighted by molar-refractivity contribution is -0.162. The van der Waals surface area contributed by atoms with Crippen LogP contribution in [0.1, 0.15) is 45.4 Å². The minimum Gasteiger partial charge on any atom is -0.454 e. The smallest absolute Gasteiger partial charge is 0.307 e. The Kier molecular flexibility index (Phi) is 4.18. The Balaban J connectivity index is 2.12. The molecule has 1 saturated carbocycles. The van der Waals surface area contributed by atoms with E-state index in [-0.39, 0.29) is 11.6 Å². The molecule has 1 fully saturated rings. The van der Waals surface area contributed by atoms with Gasteiger partial charge in [-0.15, -0.1) is 0 Å². The van der Waals surface area contributed by atoms with E-state index in [0.29, 0.717) is 18.1 Å². The van der Waals surface area contributed by atoms with Gasteiger partial charge in [-0.1, -0.05) is 19.4 Å². The highest BCUT2D eigenvalue weighted by Crippen LogP contribution is 2.45. The Morgan fingerprint density at radius 2 is 2.35 bits per heavy atom. The van der Waals surface area contributed by atoms with Crippen molar-refractivity contribution in [2.45, 2.75) is 51.0 Å². The molecule has 2 aliphatic rings. The van der Waals surface area contributed by atoms with Crippen molar-refractivity contribution in [3.05, 3.63) is 12.2 Å². The third-order valence-corrected chi connectivity index (χ3v) is 4.45. The number of carbonyl (C=O) groups excluding carboxylic acids is 1. The summed E-state index contributed by atoms with van der Waals surface area (Å²) in [5, 5.41) is 0. The first-order valence-corrected chi connectivity index (χ1v) is 7.35. The first-order chi connectivity index (χ1) is 8.20. The number of allylic oxidation sites excluding steroid dienone is 1. The lowest BCUT2D eigenvalue weighted by Gasteiger charge is -2.44. The van der Waals surface area contributed by atoms with Gasteiger partial charge in [-0.3, -0.25) is 4.79 Å². The molecule has 0 amide bonds. The molecule has 17 heavy (non-hydrogen) atoms. The van der Waals surface area contributed by atoms with Crippen molar-refractivity contribution in [2.75, 3.05) is 5.75 Å². The molecule has 3 heteroatoms. The standard InChI is InChI=1S/C14H22O2S/c1-2-14(16-13(15)7-9-17)8-6-11-4-3-5-12(14)10-11/h6,8,11-12,17H,2-5,7,9-10H2,1H3. The number of hydrogen-bond donors (Lipinski definition) is 1. The van der Waals surface area contributed by atoms with Crippen molar-refractivity contribution >= 4 is 18.6 Å². The molecule has 0 N–H and O–H groups in total. The molecule has 3 unspecified atom stereocenters. The van der Waals surface area contributed by atoms with Crippen LogP contribution < -0.4 is 0 Å². The van der Waals surface area contributed by atoms with Crippen molar-refractivity contribution in [3.8, 4) is 0 Å². The van der Waals surface area contributed by atoms with Gasteiger partial charge >= 0.3 is 5.97 Å². The van der Waals surface area contributed by atoms with E-state index in [4.69, 9.17) is 4.74 Å². The van der Waals surface area contributed by atoms with Crippen LogP contribution in [0.3, 0.4) is 0 Å². The molecule has 3 atom stereocenters. The van der Waals surface area contributed by atoms with Gasteiger partial charge in [0.25, 0.3) is 0 Å². The van der Waals surface area contributed by atoms with Crippen molar-refractivity contribution in [2.24, 2.45) is 11.8 Å². The fourth-order valence-electron chi connectivity index (χ4n) is 3.23. The molecule has 0 saturated heterocycles. The lowest BCUT2D eigenvalue weighted by atomic mass is 9.67. The third kappa shape index (κ3) is 2.70. The van der Waals surface area contributed by atoms with E-state index >= 15 is 0 Å². The van der Waals surface area contributed by atoms with Crippen LogP contribution in [0.2, 0.25) is 0 Å². The predicted molar refractivity (Wildman–Crippen MR) is 72.2 cm³/mol. The van der Waals surface area contributed by atoms with Crippen molar-refractivity contribution in [1.82, 2.24) is 0 Å². The first kappa shape index (κ1) is 13.0. The van der Waals surface area contributed by atoms with Crippen LogP contribution in [0.5, 0.6) is 0 Å². The second kappa shape index (κ2) is 5.47. The Hall–Kier alpha value is -0.440. The van der Waals surface area contributed by atoms with E-state index in [1.807, 2.05) is 0 Å². The fraction of sp³-hybridized carbons (Fsp3) is 0.786. The van der Waals surface area contributed by atoms with Gasteiger partial charge in [0.1, 0.15) is 5.60 Å². The molecule has 96 valence electrons. The van der Waals surface area contributed by atoms with Gasteiger partial charge in [-0.2, -0.15) is 12.6 Å². The van der Waals surface area contributed by atoms with Gasteiger partial charge in [-0.25, -0.2) is 0 Å². The topological polar surface area (TPSA) is 26.3 Å². The maximum Gasteiger partial charge on any atom is 0.307 e. The molecule has 0 aromatic heterocycles. The summed E-state index contributed by atoms with van der Waals surface area (Å²) in [6.07, 6.45) is 10.7. The molecule has 2 bridgehead atoms. The summed E-state index contributed by atoms with van der Waals surface area (Å²) in [6.45, 7) is 2.12. The molecule has 0 aliphatic heterocycles. The number of hydrogen-bond acceptors (Lipinski definition) is 3. The van der Waals surface area contributed by atoms with Crippen LogP contribution in [0, 0.1) is 11.8 Å². The molecular weight excluding hydrogens is 232 g/mol. The van der Waals surface area contributed by atoms with Crippen LogP contribution in [0.4, 0.5) is 0 Å². The largest absolute Gasteiger partial charge is 0.454 e. The van der Waals surface area contributed by atoms with Crippen molar-refractivity contribution in [1.29, 1.82) is 0 Å². The monoisotopic (exact) mass is 254 g/mol. The highest BCUT2D eigenvalue weighted by Gasteiger charge is 2.43. The number of esters is 1. The highest BCUT2D eigenvalue weighted by atomic mass is 32.1. The first-order valence-electron chi connectivity index (χ1n) is 6.72. The Morgan fingerprint density at radius 1 is 1.53 bits per heavy atom. The maximum atomic E-state index is 11.7. The summed E-state index contributed by atoms with van der Waals surface area (Å²) < 4.78 is 5.78. The fourth-order valence-corrected chi connectivity index (χ4v) is 3.41. The minimum absolute atomic E-state index is 0.101. The van der Waals surface area contributed by atoms with Gasteiger partial charge in [0.2, 0.25) is 0 Å². The maximum absolute atomic E-state index is 11.7. The van der Waals surface area contributed by atoms with E-state index < -0.39 is 0 Å². The molecule has 0 aromatic rings. The minimum atomic E-state index is -0.322. The molecule has 2 aliphatic carbocycles. The zero-order chi connectivity index (χ0) is 12.3. The van der Waals surface area contributed by atoms with E-state index in [0.717, 1.165) is 12.3 Å². The molecule has 0 spiro atoms. The van der Waals surface area contributed by atoms with Gasteiger partial charge in [-0.05, 0) is 37.7 Å². The van der Waals surface area contributed by atoms with Crippen LogP contribution in [0.15, 0.2) is 12.2 Å². The molecule has 0 heterocycles. The molecule has 0 aromatic carbocycles. The normalized spacial score (nSPS) is 35.6. The van der Waals surface area contributed by atoms with Crippen LogP contribution in [-0.4, -0.2) is 17.3 Å². The van der Waals surface area contributed by atoms with E-state index in [9.17, 15) is 4.79 Å². The summed E-state index contributed by atoms with van der Waals surface area (Å²) in [6, 6.07) is 0. The average Bonchev–Trinajstić information content (AvgIpc) is 2.34. The second-order valence-corrected chi connectivity index (χ2v) is 5.69. The number of carbonyl (C=O) groups is 1. The second-order valence-electron chi connectivity index (χ2n) is 5.24. The summed E-state index contributed by atoms with van der Waals surface area (Å²) in [5.74, 6) is 1.71.